The largest absolute Gasteiger partial charge is 0.369 e. The molecule has 0 heterocycles. The SMILES string of the molecule is NC(=O)C1CCC(C=O)C1. The minimum Gasteiger partial charge on any atom is -0.369 e. The Bertz CT molecular complexity index is 156. The average molecular weight is 141 g/mol. The zero-order valence-electron chi connectivity index (χ0n) is 5.75. The van der Waals surface area contributed by atoms with Crippen molar-refractivity contribution in [1.29, 1.82) is 0 Å². The van der Waals surface area contributed by atoms with Crippen LogP contribution in [0.3, 0.4) is 0 Å². The van der Waals surface area contributed by atoms with Gasteiger partial charge in [0.1, 0.15) is 6.29 Å². The van der Waals surface area contributed by atoms with E-state index < -0.39 is 0 Å². The predicted molar refractivity (Wildman–Crippen MR) is 36.1 cm³/mol. The van der Waals surface area contributed by atoms with Gasteiger partial charge in [0, 0.05) is 11.8 Å². The van der Waals surface area contributed by atoms with Crippen LogP contribution in [0.2, 0.25) is 0 Å². The summed E-state index contributed by atoms with van der Waals surface area (Å²) in [5.74, 6) is -0.225. The third kappa shape index (κ3) is 1.35. The molecule has 0 aromatic carbocycles. The van der Waals surface area contributed by atoms with Crippen molar-refractivity contribution in [3.8, 4) is 0 Å². The Morgan fingerprint density at radius 3 is 2.50 bits per heavy atom. The fourth-order valence-corrected chi connectivity index (χ4v) is 1.40. The van der Waals surface area contributed by atoms with E-state index >= 15 is 0 Å². The Labute approximate surface area is 59.6 Å². The van der Waals surface area contributed by atoms with Crippen molar-refractivity contribution in [3.63, 3.8) is 0 Å². The van der Waals surface area contributed by atoms with E-state index in [4.69, 9.17) is 5.73 Å². The molecular formula is C7H11NO2. The highest BCUT2D eigenvalue weighted by atomic mass is 16.1. The zero-order chi connectivity index (χ0) is 7.56. The van der Waals surface area contributed by atoms with Crippen LogP contribution in [0.1, 0.15) is 19.3 Å². The van der Waals surface area contributed by atoms with Gasteiger partial charge in [-0.25, -0.2) is 0 Å². The molecule has 0 spiro atoms. The molecule has 1 rings (SSSR count). The van der Waals surface area contributed by atoms with Crippen LogP contribution in [0.4, 0.5) is 0 Å². The molecule has 0 aromatic heterocycles. The molecule has 2 N–H and O–H groups in total. The lowest BCUT2D eigenvalue weighted by atomic mass is 10.1. The fourth-order valence-electron chi connectivity index (χ4n) is 1.40. The Morgan fingerprint density at radius 1 is 1.50 bits per heavy atom. The zero-order valence-corrected chi connectivity index (χ0v) is 5.75. The molecular weight excluding hydrogens is 130 g/mol. The van der Waals surface area contributed by atoms with Crippen LogP contribution >= 0.6 is 0 Å². The molecule has 0 bridgehead atoms. The number of primary amides is 1. The topological polar surface area (TPSA) is 60.2 Å². The van der Waals surface area contributed by atoms with Crippen LogP contribution in [0.5, 0.6) is 0 Å². The molecule has 1 amide bonds. The van der Waals surface area contributed by atoms with Crippen molar-refractivity contribution in [2.75, 3.05) is 0 Å². The van der Waals surface area contributed by atoms with E-state index in [1.54, 1.807) is 0 Å². The fraction of sp³-hybridized carbons (Fsp3) is 0.714. The molecule has 0 radical (unpaired) electrons. The molecule has 10 heavy (non-hydrogen) atoms. The summed E-state index contributed by atoms with van der Waals surface area (Å²) in [6, 6.07) is 0. The first kappa shape index (κ1) is 7.25. The number of hydrogen-bond donors (Lipinski definition) is 1. The van der Waals surface area contributed by atoms with Gasteiger partial charge in [-0.3, -0.25) is 4.79 Å². The molecule has 0 aliphatic heterocycles. The summed E-state index contributed by atoms with van der Waals surface area (Å²) >= 11 is 0. The maximum Gasteiger partial charge on any atom is 0.220 e. The van der Waals surface area contributed by atoms with Gasteiger partial charge in [0.25, 0.3) is 0 Å². The minimum absolute atomic E-state index is 0.0461. The summed E-state index contributed by atoms with van der Waals surface area (Å²) in [7, 11) is 0. The summed E-state index contributed by atoms with van der Waals surface area (Å²) < 4.78 is 0. The predicted octanol–water partition coefficient (Wildman–Crippen LogP) is 0.0869. The van der Waals surface area contributed by atoms with Crippen molar-refractivity contribution in [1.82, 2.24) is 0 Å². The molecule has 3 heteroatoms. The van der Waals surface area contributed by atoms with Crippen molar-refractivity contribution >= 4 is 12.2 Å². The lowest BCUT2D eigenvalue weighted by molar-refractivity contribution is -0.121. The van der Waals surface area contributed by atoms with Crippen molar-refractivity contribution in [2.24, 2.45) is 17.6 Å². The van der Waals surface area contributed by atoms with Crippen LogP contribution in [0.15, 0.2) is 0 Å². The molecule has 1 saturated carbocycles. The maximum atomic E-state index is 10.6. The van der Waals surface area contributed by atoms with Gasteiger partial charge in [0.15, 0.2) is 0 Å². The third-order valence-electron chi connectivity index (χ3n) is 2.07. The number of carbonyl (C=O) groups excluding carboxylic acids is 2. The number of nitrogens with two attached hydrogens (primary N) is 1. The molecule has 0 saturated heterocycles. The molecule has 2 unspecified atom stereocenters. The van der Waals surface area contributed by atoms with Gasteiger partial charge in [-0.05, 0) is 19.3 Å². The first-order valence-electron chi connectivity index (χ1n) is 3.48. The molecule has 1 aliphatic carbocycles. The second-order valence-corrected chi connectivity index (χ2v) is 2.81. The van der Waals surface area contributed by atoms with E-state index in [2.05, 4.69) is 0 Å². The van der Waals surface area contributed by atoms with Gasteiger partial charge in [-0.15, -0.1) is 0 Å². The Morgan fingerprint density at radius 2 is 2.20 bits per heavy atom. The second kappa shape index (κ2) is 2.82. The van der Waals surface area contributed by atoms with Gasteiger partial charge >= 0.3 is 0 Å². The summed E-state index contributed by atoms with van der Waals surface area (Å²) in [5, 5.41) is 0. The first-order chi connectivity index (χ1) is 4.74. The number of aldehydes is 1. The standard InChI is InChI=1S/C7H11NO2/c8-7(10)6-2-1-5(3-6)4-9/h4-6H,1-3H2,(H2,8,10). The maximum absolute atomic E-state index is 10.6. The summed E-state index contributed by atoms with van der Waals surface area (Å²) in [5.41, 5.74) is 5.06. The molecule has 0 aromatic rings. The quantitative estimate of drug-likeness (QED) is 0.554. The molecule has 2 atom stereocenters. The van der Waals surface area contributed by atoms with Gasteiger partial charge in [0.05, 0.1) is 0 Å². The van der Waals surface area contributed by atoms with Crippen LogP contribution in [0.25, 0.3) is 0 Å². The molecule has 1 fully saturated rings. The van der Waals surface area contributed by atoms with E-state index in [0.717, 1.165) is 19.1 Å². The van der Waals surface area contributed by atoms with Crippen LogP contribution in [0, 0.1) is 11.8 Å². The van der Waals surface area contributed by atoms with E-state index in [1.807, 2.05) is 0 Å². The van der Waals surface area contributed by atoms with Crippen molar-refractivity contribution in [3.05, 3.63) is 0 Å². The molecule has 1 aliphatic rings. The Kier molecular flexibility index (Phi) is 2.04. The lowest BCUT2D eigenvalue weighted by Crippen LogP contribution is -2.20. The Hall–Kier alpha value is -0.860. The number of rotatable bonds is 2. The Balaban J connectivity index is 2.42. The lowest BCUT2D eigenvalue weighted by Gasteiger charge is -2.00. The summed E-state index contributed by atoms with van der Waals surface area (Å²) in [6.45, 7) is 0. The van der Waals surface area contributed by atoms with Crippen molar-refractivity contribution < 1.29 is 9.59 Å². The monoisotopic (exact) mass is 141 g/mol. The highest BCUT2D eigenvalue weighted by Crippen LogP contribution is 2.28. The van der Waals surface area contributed by atoms with E-state index in [1.165, 1.54) is 0 Å². The van der Waals surface area contributed by atoms with E-state index in [0.29, 0.717) is 6.42 Å². The summed E-state index contributed by atoms with van der Waals surface area (Å²) in [4.78, 5) is 20.8. The van der Waals surface area contributed by atoms with Gasteiger partial charge in [-0.2, -0.15) is 0 Å². The van der Waals surface area contributed by atoms with Gasteiger partial charge in [0.2, 0.25) is 5.91 Å². The second-order valence-electron chi connectivity index (χ2n) is 2.81. The highest BCUT2D eigenvalue weighted by Gasteiger charge is 2.27. The van der Waals surface area contributed by atoms with Crippen LogP contribution < -0.4 is 5.73 Å². The number of hydrogen-bond acceptors (Lipinski definition) is 2. The van der Waals surface area contributed by atoms with Crippen LogP contribution in [-0.2, 0) is 9.59 Å². The third-order valence-corrected chi connectivity index (χ3v) is 2.07. The highest BCUT2D eigenvalue weighted by molar-refractivity contribution is 5.77. The number of amides is 1. The van der Waals surface area contributed by atoms with Gasteiger partial charge in [-0.1, -0.05) is 0 Å². The van der Waals surface area contributed by atoms with E-state index in [9.17, 15) is 9.59 Å². The first-order valence-corrected chi connectivity index (χ1v) is 3.48. The normalized spacial score (nSPS) is 32.0. The summed E-state index contributed by atoms with van der Waals surface area (Å²) in [6.07, 6.45) is 3.21. The van der Waals surface area contributed by atoms with E-state index in [-0.39, 0.29) is 17.7 Å². The molecule has 3 nitrogen and oxygen atoms in total. The van der Waals surface area contributed by atoms with Gasteiger partial charge < -0.3 is 10.5 Å². The average Bonchev–Trinajstić information content (AvgIpc) is 2.34. The van der Waals surface area contributed by atoms with Crippen LogP contribution in [-0.4, -0.2) is 12.2 Å². The number of carbonyl (C=O) groups is 2. The van der Waals surface area contributed by atoms with Crippen molar-refractivity contribution in [2.45, 2.75) is 19.3 Å². The molecule has 56 valence electrons. The minimum atomic E-state index is -0.260. The smallest absolute Gasteiger partial charge is 0.220 e.